The molecule has 0 unspecified atom stereocenters. The second-order valence-electron chi connectivity index (χ2n) is 2.28. The van der Waals surface area contributed by atoms with Crippen molar-refractivity contribution in [3.8, 4) is 0 Å². The van der Waals surface area contributed by atoms with E-state index in [1.54, 1.807) is 18.2 Å². The minimum Gasteiger partial charge on any atom is -0.400 e. The van der Waals surface area contributed by atoms with Gasteiger partial charge in [0.2, 0.25) is 0 Å². The number of aliphatic hydroxyl groups excluding tert-OH is 1. The number of carbonyl (C=O) groups excluding carboxylic acids is 1. The van der Waals surface area contributed by atoms with Crippen molar-refractivity contribution < 1.29 is 9.90 Å². The second-order valence-corrected chi connectivity index (χ2v) is 2.28. The van der Waals surface area contributed by atoms with Crippen LogP contribution in [0, 0.1) is 0 Å². The molecule has 0 radical (unpaired) electrons. The molecular formula is C9H14N2O2. The summed E-state index contributed by atoms with van der Waals surface area (Å²) in [5.74, 6) is 0. The minimum absolute atomic E-state index is 0.369. The predicted octanol–water partition coefficient (Wildman–Crippen LogP) is 0.148. The van der Waals surface area contributed by atoms with E-state index in [2.05, 4.69) is 0 Å². The maximum atomic E-state index is 10.3. The lowest BCUT2D eigenvalue weighted by atomic mass is 10.1. The highest BCUT2D eigenvalue weighted by Gasteiger charge is 1.97. The number of aliphatic hydroxyl groups is 1. The maximum absolute atomic E-state index is 10.3. The molecule has 0 aliphatic heterocycles. The largest absolute Gasteiger partial charge is 0.400 e. The number of hydrogen-bond donors (Lipinski definition) is 3. The van der Waals surface area contributed by atoms with Gasteiger partial charge in [-0.2, -0.15) is 0 Å². The lowest BCUT2D eigenvalue weighted by Gasteiger charge is -2.01. The number of rotatable bonds is 2. The zero-order chi connectivity index (χ0) is 10.3. The molecule has 1 aromatic carbocycles. The Hall–Kier alpha value is -1.39. The molecule has 0 amide bonds. The van der Waals surface area contributed by atoms with Gasteiger partial charge in [0.15, 0.2) is 0 Å². The van der Waals surface area contributed by atoms with E-state index >= 15 is 0 Å². The van der Waals surface area contributed by atoms with Gasteiger partial charge < -0.3 is 16.6 Å². The third-order valence-electron chi connectivity index (χ3n) is 1.52. The molecule has 72 valence electrons. The van der Waals surface area contributed by atoms with Gasteiger partial charge in [-0.25, -0.2) is 0 Å². The van der Waals surface area contributed by atoms with Crippen LogP contribution in [0.15, 0.2) is 18.2 Å². The number of nitrogen functional groups attached to an aromatic ring is 1. The van der Waals surface area contributed by atoms with E-state index in [0.717, 1.165) is 19.0 Å². The Morgan fingerprint density at radius 2 is 2.08 bits per heavy atom. The zero-order valence-corrected chi connectivity index (χ0v) is 7.53. The molecule has 0 saturated heterocycles. The van der Waals surface area contributed by atoms with Crippen LogP contribution in [-0.2, 0) is 6.54 Å². The fraction of sp³-hybridized carbons (Fsp3) is 0.222. The summed E-state index contributed by atoms with van der Waals surface area (Å²) in [5, 5.41) is 7.00. The first-order valence-corrected chi connectivity index (χ1v) is 3.76. The van der Waals surface area contributed by atoms with Crippen molar-refractivity contribution in [2.45, 2.75) is 6.54 Å². The van der Waals surface area contributed by atoms with Crippen LogP contribution in [0.25, 0.3) is 0 Å². The molecule has 0 aliphatic rings. The molecule has 5 N–H and O–H groups in total. The molecular weight excluding hydrogens is 168 g/mol. The summed E-state index contributed by atoms with van der Waals surface area (Å²) in [6.45, 7) is 0.369. The molecule has 0 bridgehead atoms. The number of aldehydes is 1. The average molecular weight is 182 g/mol. The van der Waals surface area contributed by atoms with Crippen molar-refractivity contribution in [1.82, 2.24) is 0 Å². The van der Waals surface area contributed by atoms with Crippen molar-refractivity contribution >= 4 is 12.0 Å². The fourth-order valence-electron chi connectivity index (χ4n) is 0.876. The molecule has 0 saturated carbocycles. The van der Waals surface area contributed by atoms with E-state index in [1.807, 2.05) is 0 Å². The third kappa shape index (κ3) is 3.23. The highest BCUT2D eigenvalue weighted by atomic mass is 16.2. The first kappa shape index (κ1) is 11.6. The first-order chi connectivity index (χ1) is 6.27. The molecule has 4 nitrogen and oxygen atoms in total. The maximum Gasteiger partial charge on any atom is 0.150 e. The summed E-state index contributed by atoms with van der Waals surface area (Å²) in [5.41, 5.74) is 13.0. The van der Waals surface area contributed by atoms with E-state index in [0.29, 0.717) is 17.8 Å². The zero-order valence-electron chi connectivity index (χ0n) is 7.53. The molecule has 0 heterocycles. The van der Waals surface area contributed by atoms with Gasteiger partial charge in [-0.15, -0.1) is 0 Å². The predicted molar refractivity (Wildman–Crippen MR) is 52.3 cm³/mol. The highest BCUT2D eigenvalue weighted by molar-refractivity contribution is 5.76. The molecule has 0 aliphatic carbocycles. The lowest BCUT2D eigenvalue weighted by molar-refractivity contribution is 0.112. The van der Waals surface area contributed by atoms with Gasteiger partial charge >= 0.3 is 0 Å². The average Bonchev–Trinajstić information content (AvgIpc) is 2.22. The Labute approximate surface area is 77.2 Å². The van der Waals surface area contributed by atoms with E-state index < -0.39 is 0 Å². The molecule has 0 spiro atoms. The van der Waals surface area contributed by atoms with E-state index in [-0.39, 0.29) is 0 Å². The van der Waals surface area contributed by atoms with Crippen LogP contribution in [0.2, 0.25) is 0 Å². The Morgan fingerprint density at radius 1 is 1.46 bits per heavy atom. The third-order valence-corrected chi connectivity index (χ3v) is 1.52. The Bertz CT molecular complexity index is 274. The number of anilines is 1. The normalized spacial score (nSPS) is 8.54. The van der Waals surface area contributed by atoms with Gasteiger partial charge in [-0.05, 0) is 23.8 Å². The Morgan fingerprint density at radius 3 is 2.54 bits per heavy atom. The first-order valence-electron chi connectivity index (χ1n) is 3.76. The standard InChI is InChI=1S/C8H10N2O.CH4O/c9-4-7-3-6(5-11)1-2-8(7)10;1-2/h1-3,5H,4,9-10H2;2H,1H3. The highest BCUT2D eigenvalue weighted by Crippen LogP contribution is 2.11. The SMILES string of the molecule is CO.NCc1cc(C=O)ccc1N. The Kier molecular flexibility index (Phi) is 5.50. The molecule has 13 heavy (non-hydrogen) atoms. The van der Waals surface area contributed by atoms with Crippen LogP contribution in [0.5, 0.6) is 0 Å². The van der Waals surface area contributed by atoms with Gasteiger partial charge in [0.1, 0.15) is 6.29 Å². The number of carbonyl (C=O) groups is 1. The minimum atomic E-state index is 0.369. The summed E-state index contributed by atoms with van der Waals surface area (Å²) in [6, 6.07) is 5.05. The lowest BCUT2D eigenvalue weighted by Crippen LogP contribution is -2.01. The molecule has 1 aromatic rings. The van der Waals surface area contributed by atoms with Crippen LogP contribution in [-0.4, -0.2) is 18.5 Å². The second kappa shape index (κ2) is 6.16. The van der Waals surface area contributed by atoms with Gasteiger partial charge in [0, 0.05) is 24.9 Å². The summed E-state index contributed by atoms with van der Waals surface area (Å²) in [6.07, 6.45) is 0.776. The quantitative estimate of drug-likeness (QED) is 0.448. The van der Waals surface area contributed by atoms with Crippen LogP contribution in [0.3, 0.4) is 0 Å². The topological polar surface area (TPSA) is 89.3 Å². The van der Waals surface area contributed by atoms with E-state index in [9.17, 15) is 4.79 Å². The van der Waals surface area contributed by atoms with Crippen LogP contribution in [0.1, 0.15) is 15.9 Å². The van der Waals surface area contributed by atoms with Crippen molar-refractivity contribution in [2.24, 2.45) is 5.73 Å². The van der Waals surface area contributed by atoms with Crippen molar-refractivity contribution in [1.29, 1.82) is 0 Å². The van der Waals surface area contributed by atoms with Crippen molar-refractivity contribution in [2.75, 3.05) is 12.8 Å². The Balaban J connectivity index is 0.000000671. The summed E-state index contributed by atoms with van der Waals surface area (Å²) in [4.78, 5) is 10.3. The van der Waals surface area contributed by atoms with Crippen LogP contribution in [0.4, 0.5) is 5.69 Å². The van der Waals surface area contributed by atoms with Crippen molar-refractivity contribution in [3.63, 3.8) is 0 Å². The van der Waals surface area contributed by atoms with Crippen molar-refractivity contribution in [3.05, 3.63) is 29.3 Å². The number of hydrogen-bond acceptors (Lipinski definition) is 4. The van der Waals surface area contributed by atoms with E-state index in [4.69, 9.17) is 16.6 Å². The summed E-state index contributed by atoms with van der Waals surface area (Å²) < 4.78 is 0. The summed E-state index contributed by atoms with van der Waals surface area (Å²) >= 11 is 0. The van der Waals surface area contributed by atoms with Gasteiger partial charge in [0.05, 0.1) is 0 Å². The van der Waals surface area contributed by atoms with E-state index in [1.165, 1.54) is 0 Å². The molecule has 1 rings (SSSR count). The fourth-order valence-corrected chi connectivity index (χ4v) is 0.876. The van der Waals surface area contributed by atoms with Crippen LogP contribution >= 0.6 is 0 Å². The number of benzene rings is 1. The number of nitrogens with two attached hydrogens (primary N) is 2. The van der Waals surface area contributed by atoms with Gasteiger partial charge in [0.25, 0.3) is 0 Å². The van der Waals surface area contributed by atoms with Gasteiger partial charge in [-0.3, -0.25) is 4.79 Å². The van der Waals surface area contributed by atoms with Crippen LogP contribution < -0.4 is 11.5 Å². The van der Waals surface area contributed by atoms with Gasteiger partial charge in [-0.1, -0.05) is 0 Å². The monoisotopic (exact) mass is 182 g/mol. The molecule has 4 heteroatoms. The molecule has 0 fully saturated rings. The summed E-state index contributed by atoms with van der Waals surface area (Å²) in [7, 11) is 1.00. The molecule has 0 atom stereocenters. The molecule has 0 aromatic heterocycles. The smallest absolute Gasteiger partial charge is 0.150 e.